The number of aromatic nitrogens is 1. The molecule has 0 radical (unpaired) electrons. The van der Waals surface area contributed by atoms with Gasteiger partial charge in [-0.2, -0.15) is 5.26 Å². The number of nitrogens with one attached hydrogen (secondary N) is 1. The molecule has 0 bridgehead atoms. The fourth-order valence-electron chi connectivity index (χ4n) is 1.28. The van der Waals surface area contributed by atoms with Crippen LogP contribution in [0.25, 0.3) is 6.08 Å². The number of carbonyl (C=O) groups is 1. The van der Waals surface area contributed by atoms with Crippen LogP contribution in [-0.2, 0) is 4.79 Å². The Hall–Kier alpha value is -2.87. The first-order valence-corrected chi connectivity index (χ1v) is 5.17. The van der Waals surface area contributed by atoms with E-state index in [4.69, 9.17) is 9.68 Å². The van der Waals surface area contributed by atoms with Crippen LogP contribution in [0.3, 0.4) is 0 Å². The zero-order valence-electron chi connectivity index (χ0n) is 9.33. The van der Waals surface area contributed by atoms with E-state index in [0.717, 1.165) is 0 Å². The Morgan fingerprint density at radius 3 is 2.89 bits per heavy atom. The van der Waals surface area contributed by atoms with Crippen molar-refractivity contribution in [3.05, 3.63) is 54.1 Å². The molecule has 0 aliphatic carbocycles. The van der Waals surface area contributed by atoms with Gasteiger partial charge in [-0.1, -0.05) is 6.07 Å². The Morgan fingerprint density at radius 2 is 2.28 bits per heavy atom. The lowest BCUT2D eigenvalue weighted by Gasteiger charge is -2.01. The third-order valence-corrected chi connectivity index (χ3v) is 2.10. The lowest BCUT2D eigenvalue weighted by Crippen LogP contribution is -2.14. The second-order valence-corrected chi connectivity index (χ2v) is 3.35. The Morgan fingerprint density at radius 1 is 1.39 bits per heavy atom. The van der Waals surface area contributed by atoms with Crippen LogP contribution in [0, 0.1) is 11.3 Å². The van der Waals surface area contributed by atoms with Crippen LogP contribution < -0.4 is 5.32 Å². The SMILES string of the molecule is N#C/C(=C/c1ccco1)C(=O)Nc1ccccn1. The smallest absolute Gasteiger partial charge is 0.267 e. The van der Waals surface area contributed by atoms with E-state index in [0.29, 0.717) is 11.6 Å². The molecule has 0 aliphatic rings. The van der Waals surface area contributed by atoms with E-state index in [2.05, 4.69) is 10.3 Å². The van der Waals surface area contributed by atoms with E-state index >= 15 is 0 Å². The van der Waals surface area contributed by atoms with Crippen molar-refractivity contribution in [2.75, 3.05) is 5.32 Å². The van der Waals surface area contributed by atoms with E-state index < -0.39 is 5.91 Å². The molecule has 0 unspecified atom stereocenters. The number of nitriles is 1. The summed E-state index contributed by atoms with van der Waals surface area (Å²) in [4.78, 5) is 15.7. The highest BCUT2D eigenvalue weighted by molar-refractivity contribution is 6.09. The molecule has 0 spiro atoms. The molecule has 1 N–H and O–H groups in total. The predicted molar refractivity (Wildman–Crippen MR) is 65.2 cm³/mol. The van der Waals surface area contributed by atoms with E-state index in [1.165, 1.54) is 12.3 Å². The average molecular weight is 239 g/mol. The van der Waals surface area contributed by atoms with Crippen LogP contribution in [0.4, 0.5) is 5.82 Å². The van der Waals surface area contributed by atoms with Gasteiger partial charge in [-0.3, -0.25) is 4.79 Å². The van der Waals surface area contributed by atoms with Gasteiger partial charge < -0.3 is 9.73 Å². The Bertz CT molecular complexity index is 595. The van der Waals surface area contributed by atoms with Crippen molar-refractivity contribution in [3.8, 4) is 6.07 Å². The maximum Gasteiger partial charge on any atom is 0.267 e. The number of pyridine rings is 1. The first kappa shape index (κ1) is 11.6. The highest BCUT2D eigenvalue weighted by Crippen LogP contribution is 2.09. The van der Waals surface area contributed by atoms with Gasteiger partial charge in [-0.15, -0.1) is 0 Å². The van der Waals surface area contributed by atoms with Gasteiger partial charge in [0.1, 0.15) is 23.2 Å². The quantitative estimate of drug-likeness (QED) is 0.658. The van der Waals surface area contributed by atoms with Crippen molar-refractivity contribution in [1.82, 2.24) is 4.98 Å². The molecule has 5 nitrogen and oxygen atoms in total. The van der Waals surface area contributed by atoms with Crippen LogP contribution in [0.5, 0.6) is 0 Å². The Balaban J connectivity index is 2.15. The van der Waals surface area contributed by atoms with E-state index in [-0.39, 0.29) is 5.57 Å². The molecule has 0 atom stereocenters. The number of amides is 1. The number of hydrogen-bond donors (Lipinski definition) is 1. The summed E-state index contributed by atoms with van der Waals surface area (Å²) in [5.41, 5.74) is -0.0457. The van der Waals surface area contributed by atoms with Gasteiger partial charge in [-0.05, 0) is 24.3 Å². The van der Waals surface area contributed by atoms with Crippen LogP contribution >= 0.6 is 0 Å². The molecule has 0 saturated heterocycles. The lowest BCUT2D eigenvalue weighted by molar-refractivity contribution is -0.112. The zero-order chi connectivity index (χ0) is 12.8. The van der Waals surface area contributed by atoms with Crippen LogP contribution in [-0.4, -0.2) is 10.9 Å². The van der Waals surface area contributed by atoms with Crippen LogP contribution in [0.2, 0.25) is 0 Å². The van der Waals surface area contributed by atoms with Gasteiger partial charge in [0.15, 0.2) is 0 Å². The minimum atomic E-state index is -0.521. The fourth-order valence-corrected chi connectivity index (χ4v) is 1.28. The largest absolute Gasteiger partial charge is 0.465 e. The van der Waals surface area contributed by atoms with Crippen molar-refractivity contribution < 1.29 is 9.21 Å². The van der Waals surface area contributed by atoms with Crippen LogP contribution in [0.1, 0.15) is 5.76 Å². The molecule has 18 heavy (non-hydrogen) atoms. The molecule has 0 aliphatic heterocycles. The second kappa shape index (κ2) is 5.46. The number of nitrogens with zero attached hydrogens (tertiary/aromatic N) is 2. The molecular weight excluding hydrogens is 230 g/mol. The van der Waals surface area contributed by atoms with Crippen molar-refractivity contribution in [2.45, 2.75) is 0 Å². The summed E-state index contributed by atoms with van der Waals surface area (Å²) in [6, 6.07) is 10.3. The Labute approximate surface area is 103 Å². The molecular formula is C13H9N3O2. The maximum absolute atomic E-state index is 11.8. The van der Waals surface area contributed by atoms with Gasteiger partial charge >= 0.3 is 0 Å². The van der Waals surface area contributed by atoms with Gasteiger partial charge in [0.2, 0.25) is 0 Å². The molecule has 1 amide bonds. The van der Waals surface area contributed by atoms with Gasteiger partial charge in [0.05, 0.1) is 6.26 Å². The first-order chi connectivity index (χ1) is 8.79. The second-order valence-electron chi connectivity index (χ2n) is 3.35. The number of anilines is 1. The topological polar surface area (TPSA) is 78.9 Å². The number of furan rings is 1. The molecule has 0 saturated carbocycles. The highest BCUT2D eigenvalue weighted by Gasteiger charge is 2.10. The molecule has 2 aromatic rings. The number of hydrogen-bond acceptors (Lipinski definition) is 4. The maximum atomic E-state index is 11.8. The third-order valence-electron chi connectivity index (χ3n) is 2.10. The summed E-state index contributed by atoms with van der Waals surface area (Å²) in [6.45, 7) is 0. The molecule has 0 aromatic carbocycles. The van der Waals surface area contributed by atoms with E-state index in [1.807, 2.05) is 6.07 Å². The summed E-state index contributed by atoms with van der Waals surface area (Å²) in [7, 11) is 0. The summed E-state index contributed by atoms with van der Waals surface area (Å²) in [5, 5.41) is 11.5. The van der Waals surface area contributed by atoms with Crippen molar-refractivity contribution >= 4 is 17.8 Å². The van der Waals surface area contributed by atoms with E-state index in [9.17, 15) is 4.79 Å². The third kappa shape index (κ3) is 2.83. The van der Waals surface area contributed by atoms with Gasteiger partial charge in [0.25, 0.3) is 5.91 Å². The first-order valence-electron chi connectivity index (χ1n) is 5.17. The van der Waals surface area contributed by atoms with Crippen molar-refractivity contribution in [3.63, 3.8) is 0 Å². The summed E-state index contributed by atoms with van der Waals surface area (Å²) < 4.78 is 5.04. The van der Waals surface area contributed by atoms with Gasteiger partial charge in [0, 0.05) is 12.3 Å². The highest BCUT2D eigenvalue weighted by atomic mass is 16.3. The minimum Gasteiger partial charge on any atom is -0.465 e. The predicted octanol–water partition coefficient (Wildman–Crippen LogP) is 2.22. The monoisotopic (exact) mass is 239 g/mol. The standard InChI is InChI=1S/C13H9N3O2/c14-9-10(8-11-4-3-7-18-11)13(17)16-12-5-1-2-6-15-12/h1-8H,(H,15,16,17)/b10-8-. The summed E-state index contributed by atoms with van der Waals surface area (Å²) in [6.07, 6.45) is 4.40. The van der Waals surface area contributed by atoms with Gasteiger partial charge in [-0.25, -0.2) is 4.98 Å². The van der Waals surface area contributed by atoms with Crippen molar-refractivity contribution in [2.24, 2.45) is 0 Å². The normalized spacial score (nSPS) is 10.7. The molecule has 2 rings (SSSR count). The number of rotatable bonds is 3. The number of carbonyl (C=O) groups excluding carboxylic acids is 1. The molecule has 5 heteroatoms. The van der Waals surface area contributed by atoms with E-state index in [1.54, 1.807) is 36.5 Å². The Kier molecular flexibility index (Phi) is 3.52. The molecule has 2 aromatic heterocycles. The zero-order valence-corrected chi connectivity index (χ0v) is 9.33. The average Bonchev–Trinajstić information content (AvgIpc) is 2.90. The summed E-state index contributed by atoms with van der Waals surface area (Å²) in [5.74, 6) is 0.318. The lowest BCUT2D eigenvalue weighted by atomic mass is 10.2. The van der Waals surface area contributed by atoms with Crippen molar-refractivity contribution in [1.29, 1.82) is 5.26 Å². The fraction of sp³-hybridized carbons (Fsp3) is 0. The minimum absolute atomic E-state index is 0.0457. The van der Waals surface area contributed by atoms with Crippen LogP contribution in [0.15, 0.2) is 52.8 Å². The summed E-state index contributed by atoms with van der Waals surface area (Å²) >= 11 is 0. The molecule has 88 valence electrons. The molecule has 0 fully saturated rings. The molecule has 2 heterocycles.